The monoisotopic (exact) mass is 344 g/mol. The highest BCUT2D eigenvalue weighted by atomic mass is 16.5. The van der Waals surface area contributed by atoms with E-state index < -0.39 is 0 Å². The van der Waals surface area contributed by atoms with E-state index in [-0.39, 0.29) is 6.03 Å². The minimum absolute atomic E-state index is 0.309. The van der Waals surface area contributed by atoms with Crippen LogP contribution >= 0.6 is 0 Å². The van der Waals surface area contributed by atoms with Crippen molar-refractivity contribution >= 4 is 11.7 Å². The Morgan fingerprint density at radius 2 is 1.72 bits per heavy atom. The molecule has 0 aliphatic carbocycles. The smallest absolute Gasteiger partial charge is 0.319 e. The van der Waals surface area contributed by atoms with Crippen LogP contribution in [-0.2, 0) is 0 Å². The summed E-state index contributed by atoms with van der Waals surface area (Å²) >= 11 is 0. The molecule has 0 unspecified atom stereocenters. The van der Waals surface area contributed by atoms with Crippen LogP contribution in [0.15, 0.2) is 36.4 Å². The zero-order valence-electron chi connectivity index (χ0n) is 15.0. The molecule has 0 aromatic heterocycles. The highest BCUT2D eigenvalue weighted by molar-refractivity contribution is 5.89. The van der Waals surface area contributed by atoms with Crippen molar-refractivity contribution in [3.05, 3.63) is 47.5 Å². The Kier molecular flexibility index (Phi) is 6.51. The molecule has 0 heterocycles. The van der Waals surface area contributed by atoms with Gasteiger partial charge in [-0.05, 0) is 49.2 Å². The third kappa shape index (κ3) is 5.31. The zero-order valence-corrected chi connectivity index (χ0v) is 15.0. The van der Waals surface area contributed by atoms with Crippen molar-refractivity contribution < 1.29 is 19.0 Å². The molecule has 0 aliphatic rings. The number of rotatable bonds is 7. The number of carbonyl (C=O) groups excluding carboxylic acids is 1. The Morgan fingerprint density at radius 1 is 0.960 bits per heavy atom. The van der Waals surface area contributed by atoms with Gasteiger partial charge in [-0.15, -0.1) is 0 Å². The largest absolute Gasteiger partial charge is 0.493 e. The second kappa shape index (κ2) is 8.82. The third-order valence-electron chi connectivity index (χ3n) is 3.78. The molecule has 0 saturated carbocycles. The number of amides is 2. The first-order valence-corrected chi connectivity index (χ1v) is 8.00. The summed E-state index contributed by atoms with van der Waals surface area (Å²) in [5, 5.41) is 5.49. The summed E-state index contributed by atoms with van der Waals surface area (Å²) in [6.45, 7) is 4.88. The van der Waals surface area contributed by atoms with Gasteiger partial charge in [0.15, 0.2) is 11.5 Å². The van der Waals surface area contributed by atoms with Crippen LogP contribution in [0, 0.1) is 13.8 Å². The molecule has 134 valence electrons. The molecule has 2 N–H and O–H groups in total. The molecule has 0 atom stereocenters. The summed E-state index contributed by atoms with van der Waals surface area (Å²) in [5.41, 5.74) is 3.02. The molecule has 2 aromatic rings. The fourth-order valence-corrected chi connectivity index (χ4v) is 2.23. The average molecular weight is 344 g/mol. The van der Waals surface area contributed by atoms with Gasteiger partial charge in [0.2, 0.25) is 0 Å². The molecule has 0 bridgehead atoms. The molecule has 25 heavy (non-hydrogen) atoms. The Bertz CT molecular complexity index is 731. The van der Waals surface area contributed by atoms with E-state index in [1.807, 2.05) is 25.1 Å². The van der Waals surface area contributed by atoms with Crippen LogP contribution < -0.4 is 24.8 Å². The number of anilines is 1. The lowest BCUT2D eigenvalue weighted by Crippen LogP contribution is -2.32. The van der Waals surface area contributed by atoms with E-state index >= 15 is 0 Å². The normalized spacial score (nSPS) is 10.1. The topological polar surface area (TPSA) is 68.8 Å². The molecule has 0 fully saturated rings. The summed E-state index contributed by atoms with van der Waals surface area (Å²) in [5.74, 6) is 1.96. The quantitative estimate of drug-likeness (QED) is 0.754. The van der Waals surface area contributed by atoms with Crippen molar-refractivity contribution in [3.8, 4) is 17.2 Å². The van der Waals surface area contributed by atoms with Gasteiger partial charge in [-0.25, -0.2) is 4.79 Å². The molecule has 6 nitrogen and oxygen atoms in total. The highest BCUT2D eigenvalue weighted by Crippen LogP contribution is 2.29. The molecular weight excluding hydrogens is 320 g/mol. The summed E-state index contributed by atoms with van der Waals surface area (Å²) in [6, 6.07) is 10.8. The minimum Gasteiger partial charge on any atom is -0.493 e. The number of hydrogen-bond acceptors (Lipinski definition) is 4. The maximum absolute atomic E-state index is 11.9. The highest BCUT2D eigenvalue weighted by Gasteiger charge is 2.07. The average Bonchev–Trinajstić information content (AvgIpc) is 2.61. The first kappa shape index (κ1) is 18.4. The summed E-state index contributed by atoms with van der Waals surface area (Å²) in [6.07, 6.45) is 0. The predicted octanol–water partition coefficient (Wildman–Crippen LogP) is 3.52. The van der Waals surface area contributed by atoms with E-state index in [1.165, 1.54) is 11.1 Å². The van der Waals surface area contributed by atoms with Gasteiger partial charge in [0.1, 0.15) is 12.4 Å². The van der Waals surface area contributed by atoms with Gasteiger partial charge in [0, 0.05) is 11.8 Å². The van der Waals surface area contributed by atoms with Gasteiger partial charge in [-0.3, -0.25) is 0 Å². The van der Waals surface area contributed by atoms with E-state index in [0.29, 0.717) is 30.3 Å². The van der Waals surface area contributed by atoms with Crippen LogP contribution in [0.3, 0.4) is 0 Å². The molecular formula is C19H24N2O4. The summed E-state index contributed by atoms with van der Waals surface area (Å²) in [7, 11) is 3.11. The number of aryl methyl sites for hydroxylation is 2. The van der Waals surface area contributed by atoms with Crippen molar-refractivity contribution in [1.29, 1.82) is 0 Å². The SMILES string of the molecule is COc1ccc(NC(=O)NCCOc2ccc(C)c(C)c2)cc1OC. The van der Waals surface area contributed by atoms with Gasteiger partial charge in [0.25, 0.3) is 0 Å². The number of hydrogen-bond donors (Lipinski definition) is 2. The molecule has 0 saturated heterocycles. The lowest BCUT2D eigenvalue weighted by molar-refractivity contribution is 0.247. The maximum atomic E-state index is 11.9. The molecule has 2 aromatic carbocycles. The fraction of sp³-hybridized carbons (Fsp3) is 0.316. The van der Waals surface area contributed by atoms with Crippen LogP contribution in [0.2, 0.25) is 0 Å². The molecule has 0 aliphatic heterocycles. The Morgan fingerprint density at radius 3 is 2.40 bits per heavy atom. The first-order chi connectivity index (χ1) is 12.0. The number of benzene rings is 2. The Labute approximate surface area is 148 Å². The summed E-state index contributed by atoms with van der Waals surface area (Å²) in [4.78, 5) is 11.9. The van der Waals surface area contributed by atoms with Crippen molar-refractivity contribution in [2.24, 2.45) is 0 Å². The van der Waals surface area contributed by atoms with E-state index in [0.717, 1.165) is 5.75 Å². The number of urea groups is 1. The van der Waals surface area contributed by atoms with Crippen molar-refractivity contribution in [3.63, 3.8) is 0 Å². The van der Waals surface area contributed by atoms with Crippen molar-refractivity contribution in [1.82, 2.24) is 5.32 Å². The second-order valence-electron chi connectivity index (χ2n) is 5.55. The third-order valence-corrected chi connectivity index (χ3v) is 3.78. The number of carbonyl (C=O) groups is 1. The van der Waals surface area contributed by atoms with Crippen LogP contribution in [0.25, 0.3) is 0 Å². The molecule has 6 heteroatoms. The van der Waals surface area contributed by atoms with Gasteiger partial charge < -0.3 is 24.8 Å². The lowest BCUT2D eigenvalue weighted by Gasteiger charge is -2.12. The van der Waals surface area contributed by atoms with Crippen molar-refractivity contribution in [2.75, 3.05) is 32.7 Å². The molecule has 0 spiro atoms. The van der Waals surface area contributed by atoms with Crippen LogP contribution in [0.5, 0.6) is 17.2 Å². The first-order valence-electron chi connectivity index (χ1n) is 8.00. The number of nitrogens with one attached hydrogen (secondary N) is 2. The van der Waals surface area contributed by atoms with Crippen LogP contribution in [0.4, 0.5) is 10.5 Å². The molecule has 2 amide bonds. The van der Waals surface area contributed by atoms with Crippen LogP contribution in [-0.4, -0.2) is 33.4 Å². The minimum atomic E-state index is -0.309. The predicted molar refractivity (Wildman–Crippen MR) is 98.0 cm³/mol. The number of methoxy groups -OCH3 is 2. The van der Waals surface area contributed by atoms with Crippen LogP contribution in [0.1, 0.15) is 11.1 Å². The van der Waals surface area contributed by atoms with Gasteiger partial charge in [0.05, 0.1) is 20.8 Å². The second-order valence-corrected chi connectivity index (χ2v) is 5.55. The standard InChI is InChI=1S/C19H24N2O4/c1-13-5-7-16(11-14(13)2)25-10-9-20-19(22)21-15-6-8-17(23-3)18(12-15)24-4/h5-8,11-12H,9-10H2,1-4H3,(H2,20,21,22). The zero-order chi connectivity index (χ0) is 18.2. The Hall–Kier alpha value is -2.89. The van der Waals surface area contributed by atoms with E-state index in [9.17, 15) is 4.79 Å². The van der Waals surface area contributed by atoms with Gasteiger partial charge >= 0.3 is 6.03 Å². The van der Waals surface area contributed by atoms with E-state index in [4.69, 9.17) is 14.2 Å². The van der Waals surface area contributed by atoms with Crippen molar-refractivity contribution in [2.45, 2.75) is 13.8 Å². The fourth-order valence-electron chi connectivity index (χ4n) is 2.23. The number of ether oxygens (including phenoxy) is 3. The Balaban J connectivity index is 1.78. The van der Waals surface area contributed by atoms with Gasteiger partial charge in [-0.1, -0.05) is 6.07 Å². The maximum Gasteiger partial charge on any atom is 0.319 e. The summed E-state index contributed by atoms with van der Waals surface area (Å²) < 4.78 is 16.0. The van der Waals surface area contributed by atoms with E-state index in [1.54, 1.807) is 32.4 Å². The lowest BCUT2D eigenvalue weighted by atomic mass is 10.1. The van der Waals surface area contributed by atoms with E-state index in [2.05, 4.69) is 17.6 Å². The van der Waals surface area contributed by atoms with Gasteiger partial charge in [-0.2, -0.15) is 0 Å². The molecule has 2 rings (SSSR count). The molecule has 0 radical (unpaired) electrons.